The van der Waals surface area contributed by atoms with Crippen molar-refractivity contribution in [1.29, 1.82) is 0 Å². The van der Waals surface area contributed by atoms with Gasteiger partial charge >= 0.3 is 0 Å². The van der Waals surface area contributed by atoms with E-state index in [2.05, 4.69) is 36.1 Å². The van der Waals surface area contributed by atoms with Gasteiger partial charge in [0.05, 0.1) is 17.8 Å². The second kappa shape index (κ2) is 8.87. The van der Waals surface area contributed by atoms with Gasteiger partial charge in [-0.1, -0.05) is 26.8 Å². The molecule has 1 fully saturated rings. The van der Waals surface area contributed by atoms with Gasteiger partial charge in [0.1, 0.15) is 5.75 Å². The van der Waals surface area contributed by atoms with Gasteiger partial charge in [-0.2, -0.15) is 0 Å². The van der Waals surface area contributed by atoms with Crippen LogP contribution in [0.4, 0.5) is 5.69 Å². The summed E-state index contributed by atoms with van der Waals surface area (Å²) in [5.41, 5.74) is 1.91. The third-order valence-corrected chi connectivity index (χ3v) is 5.27. The summed E-state index contributed by atoms with van der Waals surface area (Å²) in [6.45, 7) is 8.07. The fourth-order valence-electron chi connectivity index (χ4n) is 3.19. The Balaban J connectivity index is 1.53. The Morgan fingerprint density at radius 2 is 1.70 bits per heavy atom. The minimum atomic E-state index is -0.180. The van der Waals surface area contributed by atoms with E-state index in [9.17, 15) is 14.7 Å². The summed E-state index contributed by atoms with van der Waals surface area (Å²) in [5, 5.41) is 13.2. The number of nitrogens with zero attached hydrogens (tertiary/aromatic N) is 4. The molecule has 0 aliphatic carbocycles. The third-order valence-electron chi connectivity index (χ3n) is 5.08. The molecule has 1 aromatic carbocycles. The Bertz CT molecular complexity index is 919. The molecule has 8 nitrogen and oxygen atoms in total. The van der Waals surface area contributed by atoms with Crippen LogP contribution in [-0.4, -0.2) is 69.4 Å². The van der Waals surface area contributed by atoms with Crippen molar-refractivity contribution in [3.05, 3.63) is 47.0 Å². The molecule has 3 rings (SSSR count). The molecule has 0 unspecified atom stereocenters. The number of carbonyl (C=O) groups is 2. The number of rotatable bonds is 4. The molecule has 2 heterocycles. The van der Waals surface area contributed by atoms with Crippen molar-refractivity contribution >= 4 is 29.1 Å². The molecule has 2 N–H and O–H groups in total. The molecule has 1 saturated heterocycles. The van der Waals surface area contributed by atoms with Crippen molar-refractivity contribution in [3.8, 4) is 5.75 Å². The van der Waals surface area contributed by atoms with Crippen molar-refractivity contribution in [1.82, 2.24) is 19.8 Å². The molecular formula is C21H26ClN5O3. The van der Waals surface area contributed by atoms with Crippen LogP contribution in [0.2, 0.25) is 5.28 Å². The second-order valence-corrected chi connectivity index (χ2v) is 8.59. The number of aromatic hydroxyl groups is 1. The minimum Gasteiger partial charge on any atom is -0.506 e. The van der Waals surface area contributed by atoms with E-state index in [0.29, 0.717) is 37.4 Å². The van der Waals surface area contributed by atoms with Gasteiger partial charge in [0.2, 0.25) is 11.2 Å². The smallest absolute Gasteiger partial charge is 0.257 e. The van der Waals surface area contributed by atoms with Gasteiger partial charge < -0.3 is 20.2 Å². The number of amides is 2. The van der Waals surface area contributed by atoms with E-state index in [1.165, 1.54) is 12.4 Å². The number of hydrogen-bond donors (Lipinski definition) is 2. The molecule has 0 spiro atoms. The molecule has 1 aliphatic rings. The molecule has 0 atom stereocenters. The lowest BCUT2D eigenvalue weighted by Crippen LogP contribution is -2.51. The van der Waals surface area contributed by atoms with E-state index in [0.717, 1.165) is 5.56 Å². The lowest BCUT2D eigenvalue weighted by atomic mass is 9.87. The quantitative estimate of drug-likeness (QED) is 0.570. The van der Waals surface area contributed by atoms with Crippen molar-refractivity contribution in [2.45, 2.75) is 26.2 Å². The fourth-order valence-corrected chi connectivity index (χ4v) is 3.29. The maximum Gasteiger partial charge on any atom is 0.257 e. The molecule has 2 aromatic rings. The molecule has 0 saturated carbocycles. The number of nitrogens with one attached hydrogen (secondary N) is 1. The van der Waals surface area contributed by atoms with Gasteiger partial charge in [0, 0.05) is 38.6 Å². The van der Waals surface area contributed by atoms with E-state index >= 15 is 0 Å². The van der Waals surface area contributed by atoms with Crippen LogP contribution >= 0.6 is 11.6 Å². The van der Waals surface area contributed by atoms with Gasteiger partial charge in [-0.3, -0.25) is 9.59 Å². The lowest BCUT2D eigenvalue weighted by molar-refractivity contribution is -0.130. The predicted octanol–water partition coefficient (Wildman–Crippen LogP) is 2.53. The largest absolute Gasteiger partial charge is 0.506 e. The molecular weight excluding hydrogens is 406 g/mol. The van der Waals surface area contributed by atoms with Crippen LogP contribution in [0.25, 0.3) is 0 Å². The number of piperazine rings is 1. The average Bonchev–Trinajstić information content (AvgIpc) is 2.72. The Labute approximate surface area is 180 Å². The maximum atomic E-state index is 12.6. The summed E-state index contributed by atoms with van der Waals surface area (Å²) >= 11 is 5.66. The van der Waals surface area contributed by atoms with Crippen LogP contribution in [0.1, 0.15) is 36.7 Å². The number of carbonyl (C=O) groups excluding carboxylic acids is 2. The summed E-state index contributed by atoms with van der Waals surface area (Å²) in [6.07, 6.45) is 2.80. The number of hydrogen-bond acceptors (Lipinski definition) is 6. The first-order valence-electron chi connectivity index (χ1n) is 9.77. The molecule has 1 aliphatic heterocycles. The van der Waals surface area contributed by atoms with Crippen molar-refractivity contribution in [2.75, 3.05) is 38.0 Å². The number of anilines is 1. The average molecular weight is 432 g/mol. The van der Waals surface area contributed by atoms with Crippen molar-refractivity contribution < 1.29 is 14.7 Å². The van der Waals surface area contributed by atoms with Crippen LogP contribution in [0.5, 0.6) is 5.75 Å². The highest BCUT2D eigenvalue weighted by atomic mass is 35.5. The number of halogens is 1. The zero-order valence-electron chi connectivity index (χ0n) is 17.4. The second-order valence-electron chi connectivity index (χ2n) is 8.25. The number of phenols is 1. The van der Waals surface area contributed by atoms with E-state index < -0.39 is 0 Å². The Hall–Kier alpha value is -2.87. The third kappa shape index (κ3) is 5.18. The molecule has 160 valence electrons. The maximum absolute atomic E-state index is 12.6. The van der Waals surface area contributed by atoms with E-state index in [1.807, 2.05) is 12.1 Å². The minimum absolute atomic E-state index is 0.0634. The molecule has 1 aromatic heterocycles. The van der Waals surface area contributed by atoms with Crippen molar-refractivity contribution in [3.63, 3.8) is 0 Å². The van der Waals surface area contributed by atoms with Gasteiger partial charge in [-0.15, -0.1) is 0 Å². The lowest BCUT2D eigenvalue weighted by Gasteiger charge is -2.34. The summed E-state index contributed by atoms with van der Waals surface area (Å²) in [4.78, 5) is 36.1. The Kier molecular flexibility index (Phi) is 6.45. The normalized spacial score (nSPS) is 14.5. The van der Waals surface area contributed by atoms with E-state index in [4.69, 9.17) is 11.6 Å². The molecule has 0 radical (unpaired) electrons. The molecule has 0 bridgehead atoms. The highest BCUT2D eigenvalue weighted by molar-refractivity contribution is 6.28. The zero-order valence-corrected chi connectivity index (χ0v) is 18.1. The summed E-state index contributed by atoms with van der Waals surface area (Å²) in [5.74, 6) is -0.158. The van der Waals surface area contributed by atoms with Crippen molar-refractivity contribution in [2.24, 2.45) is 0 Å². The summed E-state index contributed by atoms with van der Waals surface area (Å²) in [7, 11) is 0. The molecule has 9 heteroatoms. The highest BCUT2D eigenvalue weighted by Crippen LogP contribution is 2.30. The Morgan fingerprint density at radius 1 is 1.10 bits per heavy atom. The van der Waals surface area contributed by atoms with Crippen LogP contribution in [0.3, 0.4) is 0 Å². The standard InChI is InChI=1S/C21H26ClN5O3/c1-21(2,3)15-4-5-17(28)16(10-15)23-13-18(29)26-6-8-27(9-7-26)19(30)14-11-24-20(22)25-12-14/h4-5,10-12,23,28H,6-9,13H2,1-3H3. The van der Waals surface area contributed by atoms with Gasteiger partial charge in [-0.25, -0.2) is 9.97 Å². The molecule has 30 heavy (non-hydrogen) atoms. The van der Waals surface area contributed by atoms with Crippen LogP contribution < -0.4 is 5.32 Å². The van der Waals surface area contributed by atoms with Gasteiger partial charge in [-0.05, 0) is 34.7 Å². The zero-order chi connectivity index (χ0) is 21.9. The van der Waals surface area contributed by atoms with E-state index in [-0.39, 0.29) is 34.8 Å². The summed E-state index contributed by atoms with van der Waals surface area (Å²) in [6, 6.07) is 5.38. The first-order valence-corrected chi connectivity index (χ1v) is 10.1. The topological polar surface area (TPSA) is 98.7 Å². The number of benzene rings is 1. The van der Waals surface area contributed by atoms with Crippen LogP contribution in [0, 0.1) is 0 Å². The monoisotopic (exact) mass is 431 g/mol. The summed E-state index contributed by atoms with van der Waals surface area (Å²) < 4.78 is 0. The number of aromatic nitrogens is 2. The first kappa shape index (κ1) is 21.8. The van der Waals surface area contributed by atoms with Crippen LogP contribution in [0.15, 0.2) is 30.6 Å². The van der Waals surface area contributed by atoms with Gasteiger partial charge in [0.15, 0.2) is 0 Å². The predicted molar refractivity (Wildman–Crippen MR) is 115 cm³/mol. The Morgan fingerprint density at radius 3 is 2.30 bits per heavy atom. The SMILES string of the molecule is CC(C)(C)c1ccc(O)c(NCC(=O)N2CCN(C(=O)c3cnc(Cl)nc3)CC2)c1. The number of phenolic OH excluding ortho intramolecular Hbond substituents is 1. The van der Waals surface area contributed by atoms with E-state index in [1.54, 1.807) is 15.9 Å². The highest BCUT2D eigenvalue weighted by Gasteiger charge is 2.25. The molecule has 2 amide bonds. The first-order chi connectivity index (χ1) is 14.1. The fraction of sp³-hybridized carbons (Fsp3) is 0.429. The van der Waals surface area contributed by atoms with Gasteiger partial charge in [0.25, 0.3) is 5.91 Å². The van der Waals surface area contributed by atoms with Crippen LogP contribution in [-0.2, 0) is 10.2 Å².